The van der Waals surface area contributed by atoms with Crippen molar-refractivity contribution in [2.24, 2.45) is 10.2 Å². The van der Waals surface area contributed by atoms with Crippen LogP contribution in [0.2, 0.25) is 5.02 Å². The first kappa shape index (κ1) is 16.1. The number of hydrogen-bond donors (Lipinski definition) is 0. The molecule has 1 aromatic rings. The van der Waals surface area contributed by atoms with Crippen LogP contribution < -0.4 is 0 Å². The summed E-state index contributed by atoms with van der Waals surface area (Å²) in [7, 11) is 0. The lowest BCUT2D eigenvalue weighted by Crippen LogP contribution is -2.52. The third kappa shape index (κ3) is 2.66. The van der Waals surface area contributed by atoms with Crippen molar-refractivity contribution in [1.29, 1.82) is 0 Å². The van der Waals surface area contributed by atoms with Crippen LogP contribution >= 0.6 is 11.6 Å². The van der Waals surface area contributed by atoms with Crippen molar-refractivity contribution in [3.63, 3.8) is 0 Å². The summed E-state index contributed by atoms with van der Waals surface area (Å²) in [4.78, 5) is 17.0. The van der Waals surface area contributed by atoms with Crippen molar-refractivity contribution in [2.45, 2.75) is 37.1 Å². The minimum Gasteiger partial charge on any atom is -0.334 e. The molecule has 0 spiro atoms. The Morgan fingerprint density at radius 2 is 2.09 bits per heavy atom. The van der Waals surface area contributed by atoms with Gasteiger partial charge in [-0.2, -0.15) is 13.2 Å². The van der Waals surface area contributed by atoms with Crippen LogP contribution in [0.1, 0.15) is 18.4 Å². The summed E-state index contributed by atoms with van der Waals surface area (Å²) < 4.78 is 53.1. The average molecular weight is 351 g/mol. The summed E-state index contributed by atoms with van der Waals surface area (Å²) in [6, 6.07) is -1.18. The third-order valence-corrected chi connectivity index (χ3v) is 4.38. The Bertz CT molecular complexity index is 652. The van der Waals surface area contributed by atoms with Crippen molar-refractivity contribution in [3.05, 3.63) is 28.8 Å². The van der Waals surface area contributed by atoms with Crippen molar-refractivity contribution in [2.75, 3.05) is 6.54 Å². The first-order chi connectivity index (χ1) is 10.8. The van der Waals surface area contributed by atoms with E-state index in [0.29, 0.717) is 6.42 Å². The number of likely N-dealkylation sites (tertiary alicyclic amines) is 1. The van der Waals surface area contributed by atoms with E-state index in [0.717, 1.165) is 11.1 Å². The monoisotopic (exact) mass is 350 g/mol. The molecule has 124 valence electrons. The highest BCUT2D eigenvalue weighted by atomic mass is 35.5. The molecule has 0 N–H and O–H groups in total. The summed E-state index contributed by atoms with van der Waals surface area (Å²) >= 11 is 5.80. The maximum atomic E-state index is 13.7. The molecule has 1 unspecified atom stereocenters. The maximum Gasteiger partial charge on any atom is 0.439 e. The molecule has 3 heterocycles. The highest BCUT2D eigenvalue weighted by molar-refractivity contribution is 6.31. The molecule has 1 aromatic heterocycles. The van der Waals surface area contributed by atoms with Crippen molar-refractivity contribution < 1.29 is 22.4 Å². The second-order valence-electron chi connectivity index (χ2n) is 5.43. The molecule has 1 atom stereocenters. The highest BCUT2D eigenvalue weighted by Gasteiger charge is 2.70. The lowest BCUT2D eigenvalue weighted by molar-refractivity contribution is -0.179. The first-order valence-electron chi connectivity index (χ1n) is 6.84. The van der Waals surface area contributed by atoms with E-state index in [9.17, 15) is 22.4 Å². The fourth-order valence-electron chi connectivity index (χ4n) is 2.83. The molecule has 1 fully saturated rings. The Kier molecular flexibility index (Phi) is 3.78. The molecule has 0 bridgehead atoms. The number of amides is 1. The molecule has 23 heavy (non-hydrogen) atoms. The standard InChI is InChI=1S/C13H11ClF4N4O/c14-8-5-19-6-9(15)7(8)4-11(23)22-3-1-2-10(22)12(20-21-12)13(16,17)18/h5-6,10H,1-4H2. The first-order valence-corrected chi connectivity index (χ1v) is 7.22. The molecule has 0 radical (unpaired) electrons. The van der Waals surface area contributed by atoms with E-state index in [-0.39, 0.29) is 23.6 Å². The average Bonchev–Trinajstić information content (AvgIpc) is 3.14. The molecular formula is C13H11ClF4N4O. The SMILES string of the molecule is O=C(Cc1c(F)cncc1Cl)N1CCCC1C1(C(F)(F)F)N=N1. The molecule has 2 aliphatic heterocycles. The Labute approximate surface area is 133 Å². The van der Waals surface area contributed by atoms with Gasteiger partial charge in [-0.1, -0.05) is 11.6 Å². The van der Waals surface area contributed by atoms with Gasteiger partial charge in [-0.15, -0.1) is 10.2 Å². The smallest absolute Gasteiger partial charge is 0.334 e. The number of carbonyl (C=O) groups excluding carboxylic acids is 1. The number of pyridine rings is 1. The van der Waals surface area contributed by atoms with Gasteiger partial charge in [0.2, 0.25) is 5.91 Å². The van der Waals surface area contributed by atoms with Crippen LogP contribution in [0, 0.1) is 5.82 Å². The quantitative estimate of drug-likeness (QED) is 0.786. The zero-order valence-corrected chi connectivity index (χ0v) is 12.4. The van der Waals surface area contributed by atoms with Crippen LogP contribution in [0.3, 0.4) is 0 Å². The second kappa shape index (κ2) is 5.40. The van der Waals surface area contributed by atoms with Gasteiger partial charge in [-0.25, -0.2) is 4.39 Å². The maximum absolute atomic E-state index is 13.7. The van der Waals surface area contributed by atoms with Crippen LogP contribution in [-0.2, 0) is 11.2 Å². The van der Waals surface area contributed by atoms with Crippen LogP contribution in [0.25, 0.3) is 0 Å². The number of halogens is 5. The fourth-order valence-corrected chi connectivity index (χ4v) is 3.05. The van der Waals surface area contributed by atoms with Crippen LogP contribution in [-0.4, -0.2) is 40.2 Å². The molecule has 10 heteroatoms. The number of rotatable bonds is 3. The topological polar surface area (TPSA) is 57.9 Å². The van der Waals surface area contributed by atoms with Gasteiger partial charge in [0.1, 0.15) is 5.82 Å². The zero-order chi connectivity index (χ0) is 16.8. The summed E-state index contributed by atoms with van der Waals surface area (Å²) in [6.45, 7) is 0.149. The van der Waals surface area contributed by atoms with E-state index in [4.69, 9.17) is 11.6 Å². The van der Waals surface area contributed by atoms with E-state index in [1.54, 1.807) is 0 Å². The Morgan fingerprint density at radius 1 is 1.39 bits per heavy atom. The lowest BCUT2D eigenvalue weighted by Gasteiger charge is -2.29. The van der Waals surface area contributed by atoms with Crippen molar-refractivity contribution >= 4 is 17.5 Å². The Hall–Kier alpha value is -1.77. The number of carbonyl (C=O) groups is 1. The van der Waals surface area contributed by atoms with Gasteiger partial charge in [0.15, 0.2) is 0 Å². The fraction of sp³-hybridized carbons (Fsp3) is 0.538. The number of hydrogen-bond acceptors (Lipinski definition) is 4. The van der Waals surface area contributed by atoms with E-state index < -0.39 is 36.0 Å². The van der Waals surface area contributed by atoms with Crippen LogP contribution in [0.5, 0.6) is 0 Å². The molecule has 3 rings (SSSR count). The minimum atomic E-state index is -4.65. The number of alkyl halides is 3. The van der Waals surface area contributed by atoms with E-state index in [2.05, 4.69) is 15.2 Å². The molecule has 5 nitrogen and oxygen atoms in total. The van der Waals surface area contributed by atoms with E-state index >= 15 is 0 Å². The van der Waals surface area contributed by atoms with Crippen molar-refractivity contribution in [1.82, 2.24) is 9.88 Å². The third-order valence-electron chi connectivity index (χ3n) is 4.05. The molecule has 0 aliphatic carbocycles. The van der Waals surface area contributed by atoms with Gasteiger partial charge in [0.25, 0.3) is 0 Å². The predicted octanol–water partition coefficient (Wildman–Crippen LogP) is 3.13. The Morgan fingerprint density at radius 3 is 2.65 bits per heavy atom. The van der Waals surface area contributed by atoms with Crippen LogP contribution in [0.4, 0.5) is 17.6 Å². The molecule has 0 aromatic carbocycles. The summed E-state index contributed by atoms with van der Waals surface area (Å²) in [5.41, 5.74) is -2.61. The number of aromatic nitrogens is 1. The summed E-state index contributed by atoms with van der Waals surface area (Å²) in [6.07, 6.45) is -2.45. The van der Waals surface area contributed by atoms with Crippen LogP contribution in [0.15, 0.2) is 22.6 Å². The summed E-state index contributed by atoms with van der Waals surface area (Å²) in [5.74, 6) is -1.41. The lowest BCUT2D eigenvalue weighted by atomic mass is 10.0. The van der Waals surface area contributed by atoms with Gasteiger partial charge in [0.05, 0.1) is 23.7 Å². The highest BCUT2D eigenvalue weighted by Crippen LogP contribution is 2.51. The predicted molar refractivity (Wildman–Crippen MR) is 71.3 cm³/mol. The van der Waals surface area contributed by atoms with Gasteiger partial charge in [-0.3, -0.25) is 9.78 Å². The molecule has 1 saturated heterocycles. The van der Waals surface area contributed by atoms with Crippen molar-refractivity contribution in [3.8, 4) is 0 Å². The largest absolute Gasteiger partial charge is 0.439 e. The van der Waals surface area contributed by atoms with Gasteiger partial charge >= 0.3 is 11.8 Å². The van der Waals surface area contributed by atoms with Gasteiger partial charge < -0.3 is 4.90 Å². The zero-order valence-electron chi connectivity index (χ0n) is 11.6. The summed E-state index contributed by atoms with van der Waals surface area (Å²) in [5, 5.41) is 6.27. The molecule has 2 aliphatic rings. The van der Waals surface area contributed by atoms with E-state index in [1.807, 2.05) is 0 Å². The molecular weight excluding hydrogens is 340 g/mol. The normalized spacial score (nSPS) is 22.5. The van der Waals surface area contributed by atoms with E-state index in [1.165, 1.54) is 6.20 Å². The minimum absolute atomic E-state index is 0.0413. The van der Waals surface area contributed by atoms with Gasteiger partial charge in [-0.05, 0) is 12.8 Å². The molecule has 1 amide bonds. The second-order valence-corrected chi connectivity index (χ2v) is 5.83. The molecule has 0 saturated carbocycles. The Balaban J connectivity index is 1.80. The van der Waals surface area contributed by atoms with Gasteiger partial charge in [0, 0.05) is 18.3 Å². The number of nitrogens with zero attached hydrogens (tertiary/aromatic N) is 4.